The Kier molecular flexibility index (Phi) is 6.43. The van der Waals surface area contributed by atoms with Crippen molar-refractivity contribution >= 4 is 29.1 Å². The molecule has 1 rings (SSSR count). The summed E-state index contributed by atoms with van der Waals surface area (Å²) in [5, 5.41) is 3.24. The first-order chi connectivity index (χ1) is 8.69. The van der Waals surface area contributed by atoms with Gasteiger partial charge in [0.15, 0.2) is 0 Å². The lowest BCUT2D eigenvalue weighted by atomic mass is 10.1. The predicted molar refractivity (Wildman–Crippen MR) is 78.3 cm³/mol. The molecule has 18 heavy (non-hydrogen) atoms. The molecule has 1 aromatic carbocycles. The number of thioether (sulfide) groups is 1. The van der Waals surface area contributed by atoms with Gasteiger partial charge in [-0.1, -0.05) is 0 Å². The molecule has 4 nitrogen and oxygen atoms in total. The van der Waals surface area contributed by atoms with E-state index in [1.165, 1.54) is 0 Å². The molecule has 0 spiro atoms. The van der Waals surface area contributed by atoms with Crippen molar-refractivity contribution in [2.24, 2.45) is 0 Å². The standard InChI is InChI=1S/C13H20N2O2S/c1-3-17-13(16)11-9-10(14)5-6-12(11)15-7-4-8-18-2/h5-6,9,15H,3-4,7-8,14H2,1-2H3. The third kappa shape index (κ3) is 4.49. The summed E-state index contributed by atoms with van der Waals surface area (Å²) in [4.78, 5) is 11.8. The Morgan fingerprint density at radius 2 is 2.28 bits per heavy atom. The Morgan fingerprint density at radius 1 is 1.50 bits per heavy atom. The van der Waals surface area contributed by atoms with Crippen LogP contribution in [0.15, 0.2) is 18.2 Å². The summed E-state index contributed by atoms with van der Waals surface area (Å²) in [5.74, 6) is 0.758. The minimum absolute atomic E-state index is 0.336. The van der Waals surface area contributed by atoms with Gasteiger partial charge in [-0.15, -0.1) is 0 Å². The zero-order chi connectivity index (χ0) is 13.4. The van der Waals surface area contributed by atoms with Crippen LogP contribution in [0.1, 0.15) is 23.7 Å². The van der Waals surface area contributed by atoms with Crippen molar-refractivity contribution in [3.63, 3.8) is 0 Å². The molecule has 0 aliphatic heterocycles. The van der Waals surface area contributed by atoms with Crippen molar-refractivity contribution in [1.29, 1.82) is 0 Å². The highest BCUT2D eigenvalue weighted by atomic mass is 32.2. The van der Waals surface area contributed by atoms with E-state index in [1.807, 2.05) is 6.07 Å². The van der Waals surface area contributed by atoms with Crippen LogP contribution in [-0.2, 0) is 4.74 Å². The molecule has 0 saturated heterocycles. The van der Waals surface area contributed by atoms with E-state index in [0.29, 0.717) is 17.9 Å². The number of esters is 1. The first-order valence-corrected chi connectivity index (χ1v) is 7.38. The second-order valence-corrected chi connectivity index (χ2v) is 4.78. The Hall–Kier alpha value is -1.36. The minimum Gasteiger partial charge on any atom is -0.462 e. The summed E-state index contributed by atoms with van der Waals surface area (Å²) in [6.45, 7) is 2.98. The first-order valence-electron chi connectivity index (χ1n) is 5.98. The monoisotopic (exact) mass is 268 g/mol. The summed E-state index contributed by atoms with van der Waals surface area (Å²) in [6.07, 6.45) is 3.13. The Bertz CT molecular complexity index is 397. The fourth-order valence-corrected chi connectivity index (χ4v) is 1.97. The summed E-state index contributed by atoms with van der Waals surface area (Å²) in [5.41, 5.74) is 7.54. The third-order valence-corrected chi connectivity index (χ3v) is 3.08. The average Bonchev–Trinajstić information content (AvgIpc) is 2.36. The summed E-state index contributed by atoms with van der Waals surface area (Å²) in [6, 6.07) is 5.25. The number of carbonyl (C=O) groups is 1. The Morgan fingerprint density at radius 3 is 2.94 bits per heavy atom. The maximum absolute atomic E-state index is 11.8. The van der Waals surface area contributed by atoms with E-state index >= 15 is 0 Å². The zero-order valence-corrected chi connectivity index (χ0v) is 11.7. The van der Waals surface area contributed by atoms with E-state index in [-0.39, 0.29) is 5.97 Å². The molecule has 0 heterocycles. The number of anilines is 2. The van der Waals surface area contributed by atoms with Gasteiger partial charge >= 0.3 is 5.97 Å². The lowest BCUT2D eigenvalue weighted by molar-refractivity contribution is 0.0527. The van der Waals surface area contributed by atoms with E-state index < -0.39 is 0 Å². The smallest absolute Gasteiger partial charge is 0.340 e. The number of rotatable bonds is 7. The third-order valence-electron chi connectivity index (χ3n) is 2.38. The molecule has 0 aromatic heterocycles. The molecule has 0 radical (unpaired) electrons. The second kappa shape index (κ2) is 7.87. The van der Waals surface area contributed by atoms with Gasteiger partial charge in [0.2, 0.25) is 0 Å². The highest BCUT2D eigenvalue weighted by Crippen LogP contribution is 2.20. The van der Waals surface area contributed by atoms with Gasteiger partial charge in [0.1, 0.15) is 0 Å². The molecule has 0 saturated carbocycles. The minimum atomic E-state index is -0.336. The summed E-state index contributed by atoms with van der Waals surface area (Å²) in [7, 11) is 0. The molecule has 1 aromatic rings. The van der Waals surface area contributed by atoms with E-state index in [9.17, 15) is 4.79 Å². The highest BCUT2D eigenvalue weighted by molar-refractivity contribution is 7.98. The molecule has 0 fully saturated rings. The maximum atomic E-state index is 11.8. The largest absolute Gasteiger partial charge is 0.462 e. The molecule has 0 atom stereocenters. The number of ether oxygens (including phenoxy) is 1. The predicted octanol–water partition coefficient (Wildman–Crippen LogP) is 2.61. The lowest BCUT2D eigenvalue weighted by Crippen LogP contribution is -2.11. The van der Waals surface area contributed by atoms with Crippen LogP contribution in [0.3, 0.4) is 0 Å². The van der Waals surface area contributed by atoms with E-state index in [1.54, 1.807) is 30.8 Å². The van der Waals surface area contributed by atoms with Crippen molar-refractivity contribution in [2.75, 3.05) is 36.2 Å². The van der Waals surface area contributed by atoms with Crippen molar-refractivity contribution in [3.05, 3.63) is 23.8 Å². The van der Waals surface area contributed by atoms with E-state index in [0.717, 1.165) is 24.4 Å². The zero-order valence-electron chi connectivity index (χ0n) is 10.9. The van der Waals surface area contributed by atoms with Crippen molar-refractivity contribution in [1.82, 2.24) is 0 Å². The Labute approximate surface area is 112 Å². The van der Waals surface area contributed by atoms with Gasteiger partial charge in [-0.05, 0) is 43.6 Å². The number of nitrogens with two attached hydrogens (primary N) is 1. The molecular formula is C13H20N2O2S. The number of hydrogen-bond donors (Lipinski definition) is 2. The highest BCUT2D eigenvalue weighted by Gasteiger charge is 2.12. The van der Waals surface area contributed by atoms with Gasteiger partial charge in [-0.25, -0.2) is 4.79 Å². The maximum Gasteiger partial charge on any atom is 0.340 e. The quantitative estimate of drug-likeness (QED) is 0.452. The molecule has 0 unspecified atom stereocenters. The Balaban J connectivity index is 2.73. The van der Waals surface area contributed by atoms with Crippen LogP contribution < -0.4 is 11.1 Å². The topological polar surface area (TPSA) is 64.3 Å². The lowest BCUT2D eigenvalue weighted by Gasteiger charge is -2.11. The SMILES string of the molecule is CCOC(=O)c1cc(N)ccc1NCCCSC. The number of benzene rings is 1. The van der Waals surface area contributed by atoms with Gasteiger partial charge in [0.05, 0.1) is 12.2 Å². The molecule has 100 valence electrons. The molecule has 0 aliphatic carbocycles. The van der Waals surface area contributed by atoms with Crippen LogP contribution in [0.25, 0.3) is 0 Å². The molecule has 5 heteroatoms. The van der Waals surface area contributed by atoms with E-state index in [4.69, 9.17) is 10.5 Å². The number of nitrogen functional groups attached to an aromatic ring is 1. The molecule has 0 amide bonds. The van der Waals surface area contributed by atoms with Gasteiger partial charge < -0.3 is 15.8 Å². The van der Waals surface area contributed by atoms with Crippen LogP contribution >= 0.6 is 11.8 Å². The fourth-order valence-electron chi connectivity index (χ4n) is 1.53. The second-order valence-electron chi connectivity index (χ2n) is 3.80. The van der Waals surface area contributed by atoms with Crippen molar-refractivity contribution in [3.8, 4) is 0 Å². The molecule has 0 bridgehead atoms. The van der Waals surface area contributed by atoms with Crippen molar-refractivity contribution < 1.29 is 9.53 Å². The molecule has 0 aliphatic rings. The fraction of sp³-hybridized carbons (Fsp3) is 0.462. The first kappa shape index (κ1) is 14.7. The van der Waals surface area contributed by atoms with Crippen LogP contribution in [0, 0.1) is 0 Å². The normalized spacial score (nSPS) is 10.1. The van der Waals surface area contributed by atoms with Crippen molar-refractivity contribution in [2.45, 2.75) is 13.3 Å². The van der Waals surface area contributed by atoms with Crippen LogP contribution in [0.2, 0.25) is 0 Å². The van der Waals surface area contributed by atoms with Gasteiger partial charge in [-0.3, -0.25) is 0 Å². The molecule has 3 N–H and O–H groups in total. The van der Waals surface area contributed by atoms with E-state index in [2.05, 4.69) is 11.6 Å². The van der Waals surface area contributed by atoms with Gasteiger partial charge in [0, 0.05) is 17.9 Å². The number of carbonyl (C=O) groups excluding carboxylic acids is 1. The number of nitrogens with one attached hydrogen (secondary N) is 1. The van der Waals surface area contributed by atoms with Crippen LogP contribution in [0.4, 0.5) is 11.4 Å². The summed E-state index contributed by atoms with van der Waals surface area (Å²) < 4.78 is 5.01. The molecular weight excluding hydrogens is 248 g/mol. The van der Waals surface area contributed by atoms with Crippen LogP contribution in [0.5, 0.6) is 0 Å². The summed E-state index contributed by atoms with van der Waals surface area (Å²) >= 11 is 1.81. The van der Waals surface area contributed by atoms with Crippen LogP contribution in [-0.4, -0.2) is 31.1 Å². The van der Waals surface area contributed by atoms with Gasteiger partial charge in [-0.2, -0.15) is 11.8 Å². The van der Waals surface area contributed by atoms with Gasteiger partial charge in [0.25, 0.3) is 0 Å². The number of hydrogen-bond acceptors (Lipinski definition) is 5. The average molecular weight is 268 g/mol.